The number of fused-ring (bicyclic) bond motifs is 2. The van der Waals surface area contributed by atoms with Crippen LogP contribution >= 0.6 is 0 Å². The van der Waals surface area contributed by atoms with Crippen molar-refractivity contribution in [2.75, 3.05) is 5.32 Å². The maximum atomic E-state index is 13.1. The van der Waals surface area contributed by atoms with Gasteiger partial charge in [-0.25, -0.2) is 19.7 Å². The summed E-state index contributed by atoms with van der Waals surface area (Å²) < 4.78 is 49.7. The van der Waals surface area contributed by atoms with E-state index in [1.54, 1.807) is 32.0 Å². The molecule has 1 aliphatic heterocycles. The lowest BCUT2D eigenvalue weighted by Crippen LogP contribution is -2.36. The molecule has 0 spiro atoms. The van der Waals surface area contributed by atoms with Crippen molar-refractivity contribution in [2.24, 2.45) is 5.73 Å². The molecule has 0 fully saturated rings. The zero-order chi connectivity index (χ0) is 25.8. The standard InChI is InChI=1S/C24H26F3N5O3/c1-12(24(25,26)27)34-20-15-10-29-19(8-14(15)16(11-30-20)23(4,5)28)32-18-7-6-13-17(31-18)9-22(2,3)35-21(13)33/h6-8,10-12H,9,28H2,1-5H3,(H,29,31,32)/t12-/m1/s1. The average Bonchev–Trinajstić information content (AvgIpc) is 2.71. The van der Waals surface area contributed by atoms with Gasteiger partial charge in [0.05, 0.1) is 16.6 Å². The maximum Gasteiger partial charge on any atom is 0.425 e. The van der Waals surface area contributed by atoms with Gasteiger partial charge in [-0.1, -0.05) is 0 Å². The number of anilines is 2. The fraction of sp³-hybridized carbons (Fsp3) is 0.417. The first-order valence-corrected chi connectivity index (χ1v) is 11.0. The highest BCUT2D eigenvalue weighted by Crippen LogP contribution is 2.35. The van der Waals surface area contributed by atoms with Crippen LogP contribution in [-0.4, -0.2) is 38.8 Å². The minimum absolute atomic E-state index is 0.190. The Morgan fingerprint density at radius 2 is 1.86 bits per heavy atom. The Morgan fingerprint density at radius 3 is 2.51 bits per heavy atom. The van der Waals surface area contributed by atoms with E-state index in [1.807, 2.05) is 13.8 Å². The molecule has 11 heteroatoms. The molecule has 0 unspecified atom stereocenters. The number of cyclic esters (lactones) is 1. The average molecular weight is 489 g/mol. The van der Waals surface area contributed by atoms with E-state index in [1.165, 1.54) is 12.4 Å². The van der Waals surface area contributed by atoms with Crippen molar-refractivity contribution in [3.05, 3.63) is 47.4 Å². The molecule has 0 aromatic carbocycles. The number of carbonyl (C=O) groups is 1. The Bertz CT molecular complexity index is 1300. The van der Waals surface area contributed by atoms with E-state index < -0.39 is 29.4 Å². The second-order valence-electron chi connectivity index (χ2n) is 9.76. The zero-order valence-electron chi connectivity index (χ0n) is 19.9. The summed E-state index contributed by atoms with van der Waals surface area (Å²) >= 11 is 0. The molecule has 3 aromatic heterocycles. The van der Waals surface area contributed by atoms with Gasteiger partial charge in [-0.05, 0) is 63.8 Å². The molecule has 0 radical (unpaired) electrons. The number of aromatic nitrogens is 3. The molecule has 0 saturated carbocycles. The predicted octanol–water partition coefficient (Wildman–Crippen LogP) is 4.78. The van der Waals surface area contributed by atoms with E-state index >= 15 is 0 Å². The van der Waals surface area contributed by atoms with Gasteiger partial charge >= 0.3 is 12.1 Å². The molecule has 8 nitrogen and oxygen atoms in total. The van der Waals surface area contributed by atoms with Crippen molar-refractivity contribution in [1.29, 1.82) is 0 Å². The van der Waals surface area contributed by atoms with Crippen molar-refractivity contribution in [2.45, 2.75) is 64.5 Å². The Hall–Kier alpha value is -3.47. The van der Waals surface area contributed by atoms with Gasteiger partial charge in [0.2, 0.25) is 5.88 Å². The number of pyridine rings is 3. The van der Waals surface area contributed by atoms with Crippen LogP contribution < -0.4 is 15.8 Å². The normalized spacial score (nSPS) is 16.4. The van der Waals surface area contributed by atoms with Gasteiger partial charge in [-0.2, -0.15) is 13.2 Å². The molecular weight excluding hydrogens is 463 g/mol. The van der Waals surface area contributed by atoms with E-state index in [-0.39, 0.29) is 5.88 Å². The number of rotatable bonds is 5. The van der Waals surface area contributed by atoms with E-state index in [0.29, 0.717) is 45.6 Å². The van der Waals surface area contributed by atoms with Crippen molar-refractivity contribution < 1.29 is 27.4 Å². The molecule has 3 aromatic rings. The highest BCUT2D eigenvalue weighted by atomic mass is 19.4. The van der Waals surface area contributed by atoms with Gasteiger partial charge in [0, 0.05) is 24.4 Å². The summed E-state index contributed by atoms with van der Waals surface area (Å²) in [5.41, 5.74) is 6.40. The van der Waals surface area contributed by atoms with E-state index in [2.05, 4.69) is 20.3 Å². The second kappa shape index (κ2) is 8.33. The van der Waals surface area contributed by atoms with Crippen LogP contribution in [0.5, 0.6) is 5.88 Å². The van der Waals surface area contributed by atoms with Gasteiger partial charge in [-0.15, -0.1) is 0 Å². The van der Waals surface area contributed by atoms with Crippen LogP contribution in [0.4, 0.5) is 24.8 Å². The Balaban J connectivity index is 1.73. The van der Waals surface area contributed by atoms with Gasteiger partial charge in [0.15, 0.2) is 6.10 Å². The molecule has 3 N–H and O–H groups in total. The summed E-state index contributed by atoms with van der Waals surface area (Å²) in [5.74, 6) is 0.214. The molecule has 35 heavy (non-hydrogen) atoms. The quantitative estimate of drug-likeness (QED) is 0.493. The summed E-state index contributed by atoms with van der Waals surface area (Å²) in [5, 5.41) is 3.93. The van der Waals surface area contributed by atoms with Crippen LogP contribution in [0.1, 0.15) is 56.2 Å². The first-order chi connectivity index (χ1) is 16.1. The molecule has 4 heterocycles. The topological polar surface area (TPSA) is 112 Å². The maximum absolute atomic E-state index is 13.1. The van der Waals surface area contributed by atoms with Gasteiger partial charge in [-0.3, -0.25) is 0 Å². The highest BCUT2D eigenvalue weighted by molar-refractivity contribution is 5.93. The lowest BCUT2D eigenvalue weighted by atomic mass is 9.93. The van der Waals surface area contributed by atoms with Crippen LogP contribution in [0.25, 0.3) is 10.8 Å². The van der Waals surface area contributed by atoms with Crippen LogP contribution in [0, 0.1) is 0 Å². The number of nitrogens with one attached hydrogen (secondary N) is 1. The zero-order valence-corrected chi connectivity index (χ0v) is 19.9. The number of esters is 1. The molecule has 186 valence electrons. The Labute approximate surface area is 200 Å². The summed E-state index contributed by atoms with van der Waals surface area (Å²) in [6.45, 7) is 8.06. The second-order valence-corrected chi connectivity index (χ2v) is 9.76. The first-order valence-electron chi connectivity index (χ1n) is 11.0. The smallest absolute Gasteiger partial charge is 0.425 e. The minimum atomic E-state index is -4.55. The molecule has 0 bridgehead atoms. The van der Waals surface area contributed by atoms with Gasteiger partial charge in [0.1, 0.15) is 17.2 Å². The molecular formula is C24H26F3N5O3. The number of nitrogens with two attached hydrogens (primary N) is 1. The summed E-state index contributed by atoms with van der Waals surface area (Å²) in [6.07, 6.45) is -3.35. The third-order valence-corrected chi connectivity index (χ3v) is 5.59. The summed E-state index contributed by atoms with van der Waals surface area (Å²) in [4.78, 5) is 25.2. The third kappa shape index (κ3) is 5.14. The number of carbonyl (C=O) groups excluding carboxylic acids is 1. The lowest BCUT2D eigenvalue weighted by Gasteiger charge is -2.30. The van der Waals surface area contributed by atoms with E-state index in [9.17, 15) is 18.0 Å². The highest BCUT2D eigenvalue weighted by Gasteiger charge is 2.39. The monoisotopic (exact) mass is 489 g/mol. The number of hydrogen-bond acceptors (Lipinski definition) is 8. The number of halogens is 3. The fourth-order valence-electron chi connectivity index (χ4n) is 3.79. The lowest BCUT2D eigenvalue weighted by molar-refractivity contribution is -0.189. The fourth-order valence-corrected chi connectivity index (χ4v) is 3.79. The first kappa shape index (κ1) is 24.6. The van der Waals surface area contributed by atoms with E-state index in [0.717, 1.165) is 6.92 Å². The van der Waals surface area contributed by atoms with Crippen molar-refractivity contribution in [1.82, 2.24) is 15.0 Å². The molecule has 1 atom stereocenters. The van der Waals surface area contributed by atoms with Crippen LogP contribution in [0.3, 0.4) is 0 Å². The summed E-state index contributed by atoms with van der Waals surface area (Å²) in [7, 11) is 0. The largest absolute Gasteiger partial charge is 0.464 e. The van der Waals surface area contributed by atoms with Crippen molar-refractivity contribution in [3.63, 3.8) is 0 Å². The number of ether oxygens (including phenoxy) is 2. The molecule has 0 amide bonds. The van der Waals surface area contributed by atoms with Crippen molar-refractivity contribution in [3.8, 4) is 5.88 Å². The van der Waals surface area contributed by atoms with Gasteiger partial charge in [0.25, 0.3) is 0 Å². The number of hydrogen-bond donors (Lipinski definition) is 2. The van der Waals surface area contributed by atoms with Gasteiger partial charge < -0.3 is 20.5 Å². The SMILES string of the molecule is C[C@@H](Oc1ncc(C(C)(C)N)c2cc(Nc3ccc4c(n3)CC(C)(C)OC4=O)ncc12)C(F)(F)F. The summed E-state index contributed by atoms with van der Waals surface area (Å²) in [6, 6.07) is 4.92. The van der Waals surface area contributed by atoms with Crippen LogP contribution in [-0.2, 0) is 16.7 Å². The minimum Gasteiger partial charge on any atom is -0.464 e. The van der Waals surface area contributed by atoms with Crippen molar-refractivity contribution >= 4 is 28.4 Å². The Morgan fingerprint density at radius 1 is 1.14 bits per heavy atom. The predicted molar refractivity (Wildman–Crippen MR) is 124 cm³/mol. The number of alkyl halides is 3. The molecule has 0 aliphatic carbocycles. The van der Waals surface area contributed by atoms with E-state index in [4.69, 9.17) is 15.2 Å². The third-order valence-electron chi connectivity index (χ3n) is 5.59. The number of nitrogens with zero attached hydrogens (tertiary/aromatic N) is 3. The van der Waals surface area contributed by atoms with Crippen LogP contribution in [0.2, 0.25) is 0 Å². The molecule has 1 aliphatic rings. The Kier molecular flexibility index (Phi) is 5.87. The molecule has 0 saturated heterocycles. The van der Waals surface area contributed by atoms with Crippen LogP contribution in [0.15, 0.2) is 30.6 Å². The molecule has 4 rings (SSSR count).